The van der Waals surface area contributed by atoms with E-state index in [1.807, 2.05) is 36.4 Å². The second kappa shape index (κ2) is 9.48. The van der Waals surface area contributed by atoms with Gasteiger partial charge in [-0.05, 0) is 34.4 Å². The van der Waals surface area contributed by atoms with Crippen molar-refractivity contribution in [1.82, 2.24) is 34.7 Å². The van der Waals surface area contributed by atoms with Gasteiger partial charge in [0.2, 0.25) is 0 Å². The predicted molar refractivity (Wildman–Crippen MR) is 124 cm³/mol. The Morgan fingerprint density at radius 2 is 1.88 bits per heavy atom. The average Bonchev–Trinajstić information content (AvgIpc) is 3.40. The normalized spacial score (nSPS) is 11.4. The highest BCUT2D eigenvalue weighted by Crippen LogP contribution is 2.28. The third-order valence-corrected chi connectivity index (χ3v) is 5.69. The number of H-pyrrole nitrogens is 1. The Bertz CT molecular complexity index is 1240. The molecule has 0 radical (unpaired) electrons. The van der Waals surface area contributed by atoms with Gasteiger partial charge in [-0.1, -0.05) is 69.1 Å². The van der Waals surface area contributed by atoms with Gasteiger partial charge in [-0.3, -0.25) is 14.1 Å². The maximum absolute atomic E-state index is 13.1. The van der Waals surface area contributed by atoms with Crippen molar-refractivity contribution in [3.8, 4) is 22.6 Å². The van der Waals surface area contributed by atoms with Crippen LogP contribution in [0.3, 0.4) is 0 Å². The van der Waals surface area contributed by atoms with Gasteiger partial charge in [0.05, 0.1) is 17.9 Å². The molecule has 0 aliphatic heterocycles. The van der Waals surface area contributed by atoms with Crippen LogP contribution in [-0.2, 0) is 19.5 Å². The van der Waals surface area contributed by atoms with E-state index >= 15 is 0 Å². The van der Waals surface area contributed by atoms with Crippen molar-refractivity contribution in [3.63, 3.8) is 0 Å². The lowest BCUT2D eigenvalue weighted by Crippen LogP contribution is -2.27. The molecule has 0 aliphatic carbocycles. The van der Waals surface area contributed by atoms with E-state index in [1.54, 1.807) is 15.3 Å². The number of nitrogens with zero attached hydrogens (tertiary/aromatic N) is 6. The number of nitrogens with one attached hydrogen (secondary N) is 1. The van der Waals surface area contributed by atoms with Crippen LogP contribution >= 0.6 is 11.6 Å². The van der Waals surface area contributed by atoms with Crippen LogP contribution in [0.2, 0.25) is 5.15 Å². The van der Waals surface area contributed by atoms with Gasteiger partial charge in [0, 0.05) is 23.9 Å². The molecule has 0 fully saturated rings. The highest BCUT2D eigenvalue weighted by Gasteiger charge is 2.19. The van der Waals surface area contributed by atoms with E-state index in [1.165, 1.54) is 0 Å². The molecule has 0 atom stereocenters. The van der Waals surface area contributed by atoms with Crippen molar-refractivity contribution in [2.45, 2.75) is 46.7 Å². The summed E-state index contributed by atoms with van der Waals surface area (Å²) in [6.07, 6.45) is 3.47. The third kappa shape index (κ3) is 4.36. The standard InChI is InChI=1S/C23H26ClN7O/c1-4-7-20-21(24)31(13-15(2)3)23(32)30(20)14-16-10-11-19(25-12-16)17-8-5-6-9-18(17)22-26-28-29-27-22/h5-6,8-12,15H,4,7,13-14H2,1-3H3,(H,26,27,28,29). The fraction of sp³-hybridized carbons (Fsp3) is 0.348. The number of aromatic nitrogens is 7. The van der Waals surface area contributed by atoms with Crippen molar-refractivity contribution in [2.24, 2.45) is 5.92 Å². The molecule has 0 spiro atoms. The minimum Gasteiger partial charge on any atom is -0.290 e. The van der Waals surface area contributed by atoms with E-state index in [2.05, 4.69) is 46.4 Å². The fourth-order valence-electron chi connectivity index (χ4n) is 3.82. The topological polar surface area (TPSA) is 94.3 Å². The number of pyridine rings is 1. The number of tetrazole rings is 1. The van der Waals surface area contributed by atoms with E-state index in [-0.39, 0.29) is 5.69 Å². The van der Waals surface area contributed by atoms with Crippen molar-refractivity contribution >= 4 is 11.6 Å². The molecule has 1 aromatic carbocycles. The van der Waals surface area contributed by atoms with Crippen molar-refractivity contribution in [3.05, 3.63) is 69.5 Å². The van der Waals surface area contributed by atoms with E-state index in [9.17, 15) is 4.79 Å². The minimum absolute atomic E-state index is 0.0700. The summed E-state index contributed by atoms with van der Waals surface area (Å²) in [6, 6.07) is 11.8. The van der Waals surface area contributed by atoms with Gasteiger partial charge in [-0.25, -0.2) is 9.89 Å². The maximum atomic E-state index is 13.1. The van der Waals surface area contributed by atoms with Gasteiger partial charge in [-0.15, -0.1) is 5.10 Å². The molecule has 0 bridgehead atoms. The smallest absolute Gasteiger partial charge is 0.290 e. The molecule has 0 unspecified atom stereocenters. The predicted octanol–water partition coefficient (Wildman–Crippen LogP) is 4.20. The summed E-state index contributed by atoms with van der Waals surface area (Å²) in [5.74, 6) is 0.916. The number of aromatic amines is 1. The first kappa shape index (κ1) is 22.0. The zero-order valence-electron chi connectivity index (χ0n) is 18.4. The molecule has 9 heteroatoms. The molecule has 1 N–H and O–H groups in total. The molecular weight excluding hydrogens is 426 g/mol. The Balaban J connectivity index is 1.66. The van der Waals surface area contributed by atoms with E-state index in [0.29, 0.717) is 30.0 Å². The molecule has 166 valence electrons. The van der Waals surface area contributed by atoms with Crippen molar-refractivity contribution in [1.29, 1.82) is 0 Å². The fourth-order valence-corrected chi connectivity index (χ4v) is 4.16. The van der Waals surface area contributed by atoms with Crippen LogP contribution in [0.25, 0.3) is 22.6 Å². The first-order valence-electron chi connectivity index (χ1n) is 10.8. The molecule has 32 heavy (non-hydrogen) atoms. The molecule has 0 saturated carbocycles. The van der Waals surface area contributed by atoms with Crippen LogP contribution in [0.1, 0.15) is 38.4 Å². The number of hydrogen-bond donors (Lipinski definition) is 1. The molecule has 4 rings (SSSR count). The molecule has 0 amide bonds. The second-order valence-corrected chi connectivity index (χ2v) is 8.57. The number of hydrogen-bond acceptors (Lipinski definition) is 5. The molecule has 4 aromatic rings. The molecule has 3 aromatic heterocycles. The van der Waals surface area contributed by atoms with Crippen LogP contribution in [0, 0.1) is 5.92 Å². The van der Waals surface area contributed by atoms with Crippen LogP contribution in [-0.4, -0.2) is 34.7 Å². The highest BCUT2D eigenvalue weighted by molar-refractivity contribution is 6.30. The Morgan fingerprint density at radius 3 is 2.50 bits per heavy atom. The Hall–Kier alpha value is -3.26. The van der Waals surface area contributed by atoms with Gasteiger partial charge in [0.25, 0.3) is 0 Å². The van der Waals surface area contributed by atoms with E-state index in [4.69, 9.17) is 11.6 Å². The van der Waals surface area contributed by atoms with Crippen LogP contribution < -0.4 is 5.69 Å². The second-order valence-electron chi connectivity index (χ2n) is 8.21. The summed E-state index contributed by atoms with van der Waals surface area (Å²) in [6.45, 7) is 7.28. The van der Waals surface area contributed by atoms with Crippen molar-refractivity contribution in [2.75, 3.05) is 0 Å². The van der Waals surface area contributed by atoms with Crippen LogP contribution in [0.4, 0.5) is 0 Å². The quantitative estimate of drug-likeness (QED) is 0.433. The molecule has 0 aliphatic rings. The lowest BCUT2D eigenvalue weighted by molar-refractivity contribution is 0.504. The Morgan fingerprint density at radius 1 is 1.09 bits per heavy atom. The van der Waals surface area contributed by atoms with E-state index in [0.717, 1.165) is 40.9 Å². The minimum atomic E-state index is -0.0700. The number of imidazole rings is 1. The SMILES string of the molecule is CCCc1c(Cl)n(CC(C)C)c(=O)n1Cc1ccc(-c2ccccc2-c2nnn[nH]2)nc1. The van der Waals surface area contributed by atoms with Gasteiger partial charge in [0.1, 0.15) is 5.15 Å². The number of rotatable bonds is 8. The average molecular weight is 452 g/mol. The van der Waals surface area contributed by atoms with Gasteiger partial charge < -0.3 is 0 Å². The maximum Gasteiger partial charge on any atom is 0.329 e. The summed E-state index contributed by atoms with van der Waals surface area (Å²) in [4.78, 5) is 17.7. The monoisotopic (exact) mass is 451 g/mol. The summed E-state index contributed by atoms with van der Waals surface area (Å²) in [5.41, 5.74) is 4.35. The van der Waals surface area contributed by atoms with Gasteiger partial charge >= 0.3 is 5.69 Å². The zero-order chi connectivity index (χ0) is 22.7. The Labute approximate surface area is 191 Å². The van der Waals surface area contributed by atoms with Crippen LogP contribution in [0.15, 0.2) is 47.4 Å². The number of benzene rings is 1. The van der Waals surface area contributed by atoms with Crippen LogP contribution in [0.5, 0.6) is 0 Å². The molecule has 3 heterocycles. The Kier molecular flexibility index (Phi) is 6.50. The molecular formula is C23H26ClN7O. The van der Waals surface area contributed by atoms with E-state index < -0.39 is 0 Å². The first-order valence-corrected chi connectivity index (χ1v) is 11.1. The summed E-state index contributed by atoms with van der Waals surface area (Å²) >= 11 is 6.60. The lowest BCUT2D eigenvalue weighted by Gasteiger charge is -2.09. The third-order valence-electron chi connectivity index (χ3n) is 5.27. The summed E-state index contributed by atoms with van der Waals surface area (Å²) in [5, 5.41) is 14.7. The van der Waals surface area contributed by atoms with Gasteiger partial charge in [0.15, 0.2) is 5.82 Å². The zero-order valence-corrected chi connectivity index (χ0v) is 19.2. The van der Waals surface area contributed by atoms with Crippen molar-refractivity contribution < 1.29 is 0 Å². The number of halogens is 1. The first-order chi connectivity index (χ1) is 15.5. The molecule has 8 nitrogen and oxygen atoms in total. The largest absolute Gasteiger partial charge is 0.329 e. The summed E-state index contributed by atoms with van der Waals surface area (Å²) < 4.78 is 3.46. The lowest BCUT2D eigenvalue weighted by atomic mass is 10.0. The summed E-state index contributed by atoms with van der Waals surface area (Å²) in [7, 11) is 0. The molecule has 0 saturated heterocycles. The van der Waals surface area contributed by atoms with Gasteiger partial charge in [-0.2, -0.15) is 0 Å². The highest BCUT2D eigenvalue weighted by atomic mass is 35.5.